The van der Waals surface area contributed by atoms with Crippen molar-refractivity contribution in [1.82, 2.24) is 10.5 Å². The van der Waals surface area contributed by atoms with Crippen LogP contribution in [0.2, 0.25) is 0 Å². The molecule has 1 fully saturated rings. The van der Waals surface area contributed by atoms with Crippen LogP contribution in [0.3, 0.4) is 0 Å². The Hall–Kier alpha value is -1.85. The molecule has 1 atom stereocenters. The van der Waals surface area contributed by atoms with E-state index < -0.39 is 17.8 Å². The van der Waals surface area contributed by atoms with Gasteiger partial charge in [0.05, 0.1) is 11.6 Å². The van der Waals surface area contributed by atoms with Crippen LogP contribution < -0.4 is 5.32 Å². The van der Waals surface area contributed by atoms with Gasteiger partial charge in [0.25, 0.3) is 5.91 Å². The third-order valence-electron chi connectivity index (χ3n) is 3.24. The number of rotatable bonds is 7. The number of nitrogens with zero attached hydrogens (tertiary/aromatic N) is 1. The van der Waals surface area contributed by atoms with Gasteiger partial charge in [-0.25, -0.2) is 0 Å². The first kappa shape index (κ1) is 13.6. The maximum Gasteiger partial charge on any atom is 0.308 e. The monoisotopic (exact) mass is 266 g/mol. The summed E-state index contributed by atoms with van der Waals surface area (Å²) in [5.41, 5.74) is 0.813. The molecule has 1 aliphatic carbocycles. The molecule has 104 valence electrons. The highest BCUT2D eigenvalue weighted by Gasteiger charge is 2.28. The van der Waals surface area contributed by atoms with E-state index in [-0.39, 0.29) is 12.3 Å². The third-order valence-corrected chi connectivity index (χ3v) is 3.24. The summed E-state index contributed by atoms with van der Waals surface area (Å²) < 4.78 is 4.97. The number of carboxylic acids is 1. The number of aromatic nitrogens is 1. The Labute approximate surface area is 111 Å². The van der Waals surface area contributed by atoms with Crippen LogP contribution in [0.15, 0.2) is 10.6 Å². The van der Waals surface area contributed by atoms with Gasteiger partial charge in [0, 0.05) is 18.5 Å². The fourth-order valence-corrected chi connectivity index (χ4v) is 1.93. The number of carbonyl (C=O) groups excluding carboxylic acids is 1. The van der Waals surface area contributed by atoms with Crippen molar-refractivity contribution in [2.75, 3.05) is 6.54 Å². The minimum absolute atomic E-state index is 0.113. The molecule has 2 rings (SSSR count). The fourth-order valence-electron chi connectivity index (χ4n) is 1.93. The van der Waals surface area contributed by atoms with E-state index in [0.29, 0.717) is 12.3 Å². The van der Waals surface area contributed by atoms with Gasteiger partial charge in [0.2, 0.25) is 5.76 Å². The predicted molar refractivity (Wildman–Crippen MR) is 66.8 cm³/mol. The number of amides is 1. The normalized spacial score (nSPS) is 16.1. The molecule has 1 heterocycles. The van der Waals surface area contributed by atoms with Crippen molar-refractivity contribution < 1.29 is 19.2 Å². The van der Waals surface area contributed by atoms with Crippen LogP contribution in [0.4, 0.5) is 0 Å². The Bertz CT molecular complexity index is 465. The van der Waals surface area contributed by atoms with E-state index >= 15 is 0 Å². The second-order valence-electron chi connectivity index (χ2n) is 4.92. The maximum absolute atomic E-state index is 11.8. The fraction of sp³-hybridized carbons (Fsp3) is 0.615. The average Bonchev–Trinajstić information content (AvgIpc) is 3.11. The van der Waals surface area contributed by atoms with E-state index in [1.165, 1.54) is 0 Å². The lowest BCUT2D eigenvalue weighted by Gasteiger charge is -2.11. The van der Waals surface area contributed by atoms with Crippen LogP contribution in [-0.4, -0.2) is 28.7 Å². The number of hydrogen-bond acceptors (Lipinski definition) is 4. The van der Waals surface area contributed by atoms with Crippen molar-refractivity contribution >= 4 is 11.9 Å². The van der Waals surface area contributed by atoms with Gasteiger partial charge in [-0.3, -0.25) is 9.59 Å². The van der Waals surface area contributed by atoms with Crippen LogP contribution >= 0.6 is 0 Å². The summed E-state index contributed by atoms with van der Waals surface area (Å²) in [6.45, 7) is 2.03. The molecule has 0 aromatic carbocycles. The molecule has 19 heavy (non-hydrogen) atoms. The number of aliphatic carboxylic acids is 1. The van der Waals surface area contributed by atoms with Crippen molar-refractivity contribution in [2.24, 2.45) is 5.92 Å². The first-order valence-electron chi connectivity index (χ1n) is 6.59. The van der Waals surface area contributed by atoms with E-state index in [0.717, 1.165) is 25.0 Å². The quantitative estimate of drug-likeness (QED) is 0.784. The number of carbonyl (C=O) groups is 2. The van der Waals surface area contributed by atoms with Gasteiger partial charge in [-0.1, -0.05) is 18.5 Å². The largest absolute Gasteiger partial charge is 0.481 e. The highest BCUT2D eigenvalue weighted by atomic mass is 16.5. The molecule has 1 aliphatic rings. The van der Waals surface area contributed by atoms with Crippen molar-refractivity contribution in [2.45, 2.75) is 38.5 Å². The lowest BCUT2D eigenvalue weighted by molar-refractivity contribution is -0.141. The van der Waals surface area contributed by atoms with Crippen LogP contribution in [0.25, 0.3) is 0 Å². The van der Waals surface area contributed by atoms with Gasteiger partial charge >= 0.3 is 5.97 Å². The molecule has 0 saturated heterocycles. The second-order valence-corrected chi connectivity index (χ2v) is 4.92. The van der Waals surface area contributed by atoms with Gasteiger partial charge < -0.3 is 14.9 Å². The Morgan fingerprint density at radius 2 is 2.32 bits per heavy atom. The second kappa shape index (κ2) is 5.86. The summed E-state index contributed by atoms with van der Waals surface area (Å²) in [4.78, 5) is 22.7. The molecule has 6 heteroatoms. The van der Waals surface area contributed by atoms with E-state index in [1.54, 1.807) is 6.07 Å². The first-order valence-corrected chi connectivity index (χ1v) is 6.59. The summed E-state index contributed by atoms with van der Waals surface area (Å²) in [7, 11) is 0. The lowest BCUT2D eigenvalue weighted by atomic mass is 10.0. The molecule has 0 radical (unpaired) electrons. The Morgan fingerprint density at radius 3 is 2.89 bits per heavy atom. The van der Waals surface area contributed by atoms with Gasteiger partial charge in [0.1, 0.15) is 0 Å². The standard InChI is InChI=1S/C13H18N2O4/c1-2-3-9(13(17)18)7-14-12(16)11-6-10(15-19-11)8-4-5-8/h6,8-9H,2-5,7H2,1H3,(H,14,16)(H,17,18). The smallest absolute Gasteiger partial charge is 0.308 e. The minimum Gasteiger partial charge on any atom is -0.481 e. The van der Waals surface area contributed by atoms with Crippen molar-refractivity contribution in [3.8, 4) is 0 Å². The number of hydrogen-bond donors (Lipinski definition) is 2. The van der Waals surface area contributed by atoms with Gasteiger partial charge in [-0.15, -0.1) is 0 Å². The summed E-state index contributed by atoms with van der Waals surface area (Å²) in [5.74, 6) is -1.26. The van der Waals surface area contributed by atoms with E-state index in [4.69, 9.17) is 9.63 Å². The Kier molecular flexibility index (Phi) is 4.19. The molecule has 0 aliphatic heterocycles. The predicted octanol–water partition coefficient (Wildman–Crippen LogP) is 1.78. The van der Waals surface area contributed by atoms with Gasteiger partial charge in [-0.05, 0) is 19.3 Å². The number of nitrogens with one attached hydrogen (secondary N) is 1. The zero-order chi connectivity index (χ0) is 13.8. The molecule has 1 saturated carbocycles. The van der Waals surface area contributed by atoms with E-state index in [9.17, 15) is 9.59 Å². The van der Waals surface area contributed by atoms with Crippen LogP contribution in [0.5, 0.6) is 0 Å². The Morgan fingerprint density at radius 1 is 1.58 bits per heavy atom. The summed E-state index contributed by atoms with van der Waals surface area (Å²) >= 11 is 0. The molecule has 1 aromatic rings. The highest BCUT2D eigenvalue weighted by molar-refractivity contribution is 5.91. The molecule has 6 nitrogen and oxygen atoms in total. The van der Waals surface area contributed by atoms with Crippen molar-refractivity contribution in [3.05, 3.63) is 17.5 Å². The molecule has 0 spiro atoms. The number of carboxylic acid groups (broad SMARTS) is 1. The summed E-state index contributed by atoms with van der Waals surface area (Å²) in [5, 5.41) is 15.4. The van der Waals surface area contributed by atoms with E-state index in [1.807, 2.05) is 6.92 Å². The Balaban J connectivity index is 1.86. The van der Waals surface area contributed by atoms with Crippen molar-refractivity contribution in [1.29, 1.82) is 0 Å². The van der Waals surface area contributed by atoms with Crippen LogP contribution in [0.1, 0.15) is 54.8 Å². The zero-order valence-corrected chi connectivity index (χ0v) is 10.9. The molecule has 1 aromatic heterocycles. The molecule has 2 N–H and O–H groups in total. The van der Waals surface area contributed by atoms with Gasteiger partial charge in [-0.2, -0.15) is 0 Å². The summed E-state index contributed by atoms with van der Waals surface area (Å²) in [6, 6.07) is 1.64. The molecular formula is C13H18N2O4. The third kappa shape index (κ3) is 3.56. The zero-order valence-electron chi connectivity index (χ0n) is 10.9. The van der Waals surface area contributed by atoms with Crippen LogP contribution in [0, 0.1) is 5.92 Å². The summed E-state index contributed by atoms with van der Waals surface area (Å²) in [6.07, 6.45) is 3.48. The maximum atomic E-state index is 11.8. The van der Waals surface area contributed by atoms with Crippen LogP contribution in [-0.2, 0) is 4.79 Å². The molecule has 1 unspecified atom stereocenters. The van der Waals surface area contributed by atoms with Crippen molar-refractivity contribution in [3.63, 3.8) is 0 Å². The first-order chi connectivity index (χ1) is 9.11. The highest BCUT2D eigenvalue weighted by Crippen LogP contribution is 2.39. The van der Waals surface area contributed by atoms with Gasteiger partial charge in [0.15, 0.2) is 0 Å². The molecule has 0 bridgehead atoms. The molecule has 1 amide bonds. The topological polar surface area (TPSA) is 92.4 Å². The average molecular weight is 266 g/mol. The minimum atomic E-state index is -0.890. The SMILES string of the molecule is CCCC(CNC(=O)c1cc(C2CC2)no1)C(=O)O. The lowest BCUT2D eigenvalue weighted by Crippen LogP contribution is -2.32. The molecular weight excluding hydrogens is 248 g/mol. The van der Waals surface area contributed by atoms with E-state index in [2.05, 4.69) is 10.5 Å².